The van der Waals surface area contributed by atoms with Gasteiger partial charge in [0.15, 0.2) is 0 Å². The molecule has 2 rings (SSSR count). The van der Waals surface area contributed by atoms with Crippen LogP contribution < -0.4 is 4.74 Å². The second kappa shape index (κ2) is 9.98. The van der Waals surface area contributed by atoms with Crippen molar-refractivity contribution in [2.45, 2.75) is 58.8 Å². The summed E-state index contributed by atoms with van der Waals surface area (Å²) >= 11 is 0. The quantitative estimate of drug-likeness (QED) is 0.547. The number of hydrogen-bond acceptors (Lipinski definition) is 3. The molecule has 0 unspecified atom stereocenters. The van der Waals surface area contributed by atoms with Crippen molar-refractivity contribution in [1.29, 1.82) is 0 Å². The molecule has 124 valence electrons. The van der Waals surface area contributed by atoms with Gasteiger partial charge in [-0.05, 0) is 55.7 Å². The Bertz CT molecular complexity index is 549. The van der Waals surface area contributed by atoms with Crippen LogP contribution in [-0.2, 0) is 6.42 Å². The standard InChI is InChI=1S/C20H28N2O/c1-3-5-7-9-18-12-15-20(22-21-18)17-10-13-19(14-11-17)23-16-8-6-4-2/h10-15H,3-9,16H2,1-2H3. The molecule has 0 radical (unpaired) electrons. The topological polar surface area (TPSA) is 35.0 Å². The van der Waals surface area contributed by atoms with Crippen molar-refractivity contribution >= 4 is 0 Å². The number of aryl methyl sites for hydroxylation is 1. The molecule has 1 heterocycles. The first-order chi connectivity index (χ1) is 11.3. The Kier molecular flexibility index (Phi) is 7.58. The lowest BCUT2D eigenvalue weighted by atomic mass is 10.1. The molecule has 0 aliphatic carbocycles. The van der Waals surface area contributed by atoms with E-state index in [4.69, 9.17) is 4.74 Å². The van der Waals surface area contributed by atoms with Crippen LogP contribution in [0.1, 0.15) is 58.1 Å². The van der Waals surface area contributed by atoms with Crippen LogP contribution in [0.3, 0.4) is 0 Å². The van der Waals surface area contributed by atoms with Gasteiger partial charge in [-0.25, -0.2) is 0 Å². The zero-order chi connectivity index (χ0) is 16.3. The van der Waals surface area contributed by atoms with E-state index in [2.05, 4.69) is 48.3 Å². The lowest BCUT2D eigenvalue weighted by Crippen LogP contribution is -1.97. The Labute approximate surface area is 140 Å². The summed E-state index contributed by atoms with van der Waals surface area (Å²) in [5, 5.41) is 8.69. The molecule has 0 amide bonds. The van der Waals surface area contributed by atoms with Gasteiger partial charge in [0, 0.05) is 5.56 Å². The molecule has 2 aromatic rings. The summed E-state index contributed by atoms with van der Waals surface area (Å²) in [5.41, 5.74) is 3.08. The van der Waals surface area contributed by atoms with Crippen molar-refractivity contribution in [1.82, 2.24) is 10.2 Å². The SMILES string of the molecule is CCCCCOc1ccc(-c2ccc(CCCCC)nn2)cc1. The second-order valence-electron chi connectivity index (χ2n) is 5.95. The molecule has 0 saturated heterocycles. The van der Waals surface area contributed by atoms with Crippen molar-refractivity contribution in [3.8, 4) is 17.0 Å². The van der Waals surface area contributed by atoms with E-state index in [-0.39, 0.29) is 0 Å². The number of benzene rings is 1. The summed E-state index contributed by atoms with van der Waals surface area (Å²) in [4.78, 5) is 0. The molecule has 0 saturated carbocycles. The van der Waals surface area contributed by atoms with Crippen molar-refractivity contribution in [2.24, 2.45) is 0 Å². The minimum Gasteiger partial charge on any atom is -0.494 e. The lowest BCUT2D eigenvalue weighted by molar-refractivity contribution is 0.306. The maximum absolute atomic E-state index is 5.74. The van der Waals surface area contributed by atoms with Gasteiger partial charge in [0.05, 0.1) is 18.0 Å². The molecule has 1 aromatic heterocycles. The highest BCUT2D eigenvalue weighted by atomic mass is 16.5. The zero-order valence-corrected chi connectivity index (χ0v) is 14.4. The van der Waals surface area contributed by atoms with E-state index in [1.807, 2.05) is 12.1 Å². The Balaban J connectivity index is 1.88. The molecular formula is C20H28N2O. The molecule has 1 aromatic carbocycles. The third-order valence-corrected chi connectivity index (χ3v) is 3.92. The highest BCUT2D eigenvalue weighted by Gasteiger charge is 2.02. The number of aromatic nitrogens is 2. The predicted octanol–water partition coefficient (Wildman–Crippen LogP) is 5.45. The number of rotatable bonds is 10. The average Bonchev–Trinajstić information content (AvgIpc) is 2.60. The Morgan fingerprint density at radius 1 is 0.783 bits per heavy atom. The van der Waals surface area contributed by atoms with E-state index < -0.39 is 0 Å². The van der Waals surface area contributed by atoms with E-state index in [1.165, 1.54) is 32.1 Å². The van der Waals surface area contributed by atoms with Crippen molar-refractivity contribution in [3.63, 3.8) is 0 Å². The van der Waals surface area contributed by atoms with E-state index in [1.54, 1.807) is 0 Å². The van der Waals surface area contributed by atoms with Crippen LogP contribution in [0.5, 0.6) is 5.75 Å². The number of nitrogens with zero attached hydrogens (tertiary/aromatic N) is 2. The summed E-state index contributed by atoms with van der Waals surface area (Å²) in [6, 6.07) is 12.3. The Hall–Kier alpha value is -1.90. The zero-order valence-electron chi connectivity index (χ0n) is 14.4. The number of hydrogen-bond donors (Lipinski definition) is 0. The molecule has 0 bridgehead atoms. The van der Waals surface area contributed by atoms with Crippen LogP contribution in [0.25, 0.3) is 11.3 Å². The molecule has 23 heavy (non-hydrogen) atoms. The van der Waals surface area contributed by atoms with Crippen LogP contribution in [0, 0.1) is 0 Å². The van der Waals surface area contributed by atoms with Crippen LogP contribution in [0.15, 0.2) is 36.4 Å². The minimum atomic E-state index is 0.791. The van der Waals surface area contributed by atoms with Gasteiger partial charge in [0.1, 0.15) is 5.75 Å². The third kappa shape index (κ3) is 6.01. The van der Waals surface area contributed by atoms with Gasteiger partial charge in [-0.15, -0.1) is 0 Å². The van der Waals surface area contributed by atoms with Gasteiger partial charge in [-0.3, -0.25) is 0 Å². The summed E-state index contributed by atoms with van der Waals surface area (Å²) in [6.45, 7) is 5.20. The van der Waals surface area contributed by atoms with Gasteiger partial charge in [-0.2, -0.15) is 10.2 Å². The van der Waals surface area contributed by atoms with E-state index in [0.717, 1.165) is 42.1 Å². The molecule has 0 N–H and O–H groups in total. The van der Waals surface area contributed by atoms with E-state index >= 15 is 0 Å². The maximum Gasteiger partial charge on any atom is 0.119 e. The van der Waals surface area contributed by atoms with Crippen LogP contribution >= 0.6 is 0 Å². The predicted molar refractivity (Wildman–Crippen MR) is 95.7 cm³/mol. The highest BCUT2D eigenvalue weighted by Crippen LogP contribution is 2.20. The van der Waals surface area contributed by atoms with Crippen molar-refractivity contribution in [3.05, 3.63) is 42.1 Å². The summed E-state index contributed by atoms with van der Waals surface area (Å²) in [5.74, 6) is 0.925. The molecule has 0 aliphatic rings. The molecule has 0 atom stereocenters. The molecular weight excluding hydrogens is 284 g/mol. The van der Waals surface area contributed by atoms with Crippen LogP contribution in [0.4, 0.5) is 0 Å². The van der Waals surface area contributed by atoms with Gasteiger partial charge >= 0.3 is 0 Å². The van der Waals surface area contributed by atoms with Gasteiger partial charge in [0.25, 0.3) is 0 Å². The fourth-order valence-electron chi connectivity index (χ4n) is 2.47. The van der Waals surface area contributed by atoms with E-state index in [9.17, 15) is 0 Å². The highest BCUT2D eigenvalue weighted by molar-refractivity contribution is 5.59. The van der Waals surface area contributed by atoms with Gasteiger partial charge in [-0.1, -0.05) is 39.5 Å². The summed E-state index contributed by atoms with van der Waals surface area (Å²) in [6.07, 6.45) is 8.25. The fourth-order valence-corrected chi connectivity index (χ4v) is 2.47. The summed E-state index contributed by atoms with van der Waals surface area (Å²) < 4.78 is 5.74. The first kappa shape index (κ1) is 17.5. The molecule has 3 nitrogen and oxygen atoms in total. The molecule has 0 aliphatic heterocycles. The number of ether oxygens (including phenoxy) is 1. The first-order valence-electron chi connectivity index (χ1n) is 8.89. The van der Waals surface area contributed by atoms with Crippen LogP contribution in [0.2, 0.25) is 0 Å². The average molecular weight is 312 g/mol. The Morgan fingerprint density at radius 3 is 2.17 bits per heavy atom. The number of unbranched alkanes of at least 4 members (excludes halogenated alkanes) is 4. The monoisotopic (exact) mass is 312 g/mol. The second-order valence-corrected chi connectivity index (χ2v) is 5.95. The third-order valence-electron chi connectivity index (χ3n) is 3.92. The van der Waals surface area contributed by atoms with Crippen LogP contribution in [-0.4, -0.2) is 16.8 Å². The molecule has 3 heteroatoms. The largest absolute Gasteiger partial charge is 0.494 e. The normalized spacial score (nSPS) is 10.7. The smallest absolute Gasteiger partial charge is 0.119 e. The maximum atomic E-state index is 5.74. The first-order valence-corrected chi connectivity index (χ1v) is 8.89. The van der Waals surface area contributed by atoms with Gasteiger partial charge in [0.2, 0.25) is 0 Å². The van der Waals surface area contributed by atoms with Crippen molar-refractivity contribution in [2.75, 3.05) is 6.61 Å². The summed E-state index contributed by atoms with van der Waals surface area (Å²) in [7, 11) is 0. The fraction of sp³-hybridized carbons (Fsp3) is 0.500. The van der Waals surface area contributed by atoms with E-state index in [0.29, 0.717) is 0 Å². The lowest BCUT2D eigenvalue weighted by Gasteiger charge is -2.07. The minimum absolute atomic E-state index is 0.791. The Morgan fingerprint density at radius 2 is 1.52 bits per heavy atom. The molecule has 0 fully saturated rings. The van der Waals surface area contributed by atoms with Gasteiger partial charge < -0.3 is 4.74 Å². The molecule has 0 spiro atoms. The van der Waals surface area contributed by atoms with Crippen molar-refractivity contribution < 1.29 is 4.74 Å².